The van der Waals surface area contributed by atoms with Crippen molar-refractivity contribution in [2.45, 2.75) is 44.7 Å². The van der Waals surface area contributed by atoms with E-state index in [0.717, 1.165) is 0 Å². The Kier molecular flexibility index (Phi) is 5.91. The van der Waals surface area contributed by atoms with Gasteiger partial charge in [0.2, 0.25) is 15.9 Å². The number of nitrogens with zero attached hydrogens (tertiary/aromatic N) is 3. The fourth-order valence-electron chi connectivity index (χ4n) is 2.17. The number of hydrogen-bond acceptors (Lipinski definition) is 6. The Labute approximate surface area is 147 Å². The molecule has 0 aliphatic carbocycles. The molecule has 8 nitrogen and oxygen atoms in total. The zero-order chi connectivity index (χ0) is 18.6. The summed E-state index contributed by atoms with van der Waals surface area (Å²) in [5.74, 6) is 0.569. The van der Waals surface area contributed by atoms with Gasteiger partial charge in [-0.15, -0.1) is 0 Å². The summed E-state index contributed by atoms with van der Waals surface area (Å²) < 4.78 is 32.1. The fourth-order valence-corrected chi connectivity index (χ4v) is 3.46. The van der Waals surface area contributed by atoms with Crippen molar-refractivity contribution in [2.24, 2.45) is 0 Å². The number of carbonyl (C=O) groups is 1. The molecule has 1 aromatic heterocycles. The summed E-state index contributed by atoms with van der Waals surface area (Å²) in [7, 11) is -2.07. The molecule has 0 unspecified atom stereocenters. The molecular weight excluding hydrogens is 344 g/mol. The predicted molar refractivity (Wildman–Crippen MR) is 91.4 cm³/mol. The van der Waals surface area contributed by atoms with Crippen LogP contribution in [-0.2, 0) is 23.0 Å². The van der Waals surface area contributed by atoms with E-state index in [4.69, 9.17) is 4.52 Å². The van der Waals surface area contributed by atoms with Crippen LogP contribution >= 0.6 is 0 Å². The molecule has 0 bridgehead atoms. The van der Waals surface area contributed by atoms with Crippen molar-refractivity contribution >= 4 is 15.9 Å². The van der Waals surface area contributed by atoms with Crippen molar-refractivity contribution < 1.29 is 17.7 Å². The maximum Gasteiger partial charge on any atom is 0.254 e. The van der Waals surface area contributed by atoms with E-state index in [2.05, 4.69) is 14.9 Å². The third-order valence-corrected chi connectivity index (χ3v) is 4.98. The van der Waals surface area contributed by atoms with Crippen LogP contribution in [0.2, 0.25) is 0 Å². The maximum absolute atomic E-state index is 12.5. The van der Waals surface area contributed by atoms with Gasteiger partial charge in [-0.1, -0.05) is 18.1 Å². The van der Waals surface area contributed by atoms with Crippen LogP contribution in [0.5, 0.6) is 0 Å². The summed E-state index contributed by atoms with van der Waals surface area (Å²) >= 11 is 0. The van der Waals surface area contributed by atoms with Crippen molar-refractivity contribution in [2.75, 3.05) is 7.05 Å². The lowest BCUT2D eigenvalue weighted by molar-refractivity contribution is 0.0769. The molecule has 136 valence electrons. The summed E-state index contributed by atoms with van der Waals surface area (Å²) in [6.45, 7) is 5.51. The molecular formula is C16H22N4O4S. The first kappa shape index (κ1) is 19.1. The quantitative estimate of drug-likeness (QED) is 0.798. The molecule has 1 aromatic carbocycles. The summed E-state index contributed by atoms with van der Waals surface area (Å²) in [6.07, 6.45) is 0.643. The predicted octanol–water partition coefficient (Wildman–Crippen LogP) is 1.59. The van der Waals surface area contributed by atoms with Crippen LogP contribution in [0.15, 0.2) is 33.7 Å². The summed E-state index contributed by atoms with van der Waals surface area (Å²) in [6, 6.07) is 5.68. The van der Waals surface area contributed by atoms with Gasteiger partial charge in [0.05, 0.1) is 11.4 Å². The Bertz CT molecular complexity index is 845. The van der Waals surface area contributed by atoms with E-state index in [0.29, 0.717) is 18.1 Å². The van der Waals surface area contributed by atoms with Crippen LogP contribution in [0, 0.1) is 0 Å². The van der Waals surface area contributed by atoms with Gasteiger partial charge in [-0.3, -0.25) is 4.79 Å². The normalized spacial score (nSPS) is 11.7. The second-order valence-electron chi connectivity index (χ2n) is 5.92. The number of rotatable bonds is 7. The van der Waals surface area contributed by atoms with E-state index in [-0.39, 0.29) is 29.0 Å². The van der Waals surface area contributed by atoms with Crippen molar-refractivity contribution in [3.05, 3.63) is 41.5 Å². The monoisotopic (exact) mass is 366 g/mol. The van der Waals surface area contributed by atoms with Crippen LogP contribution in [-0.4, -0.2) is 42.5 Å². The van der Waals surface area contributed by atoms with Gasteiger partial charge in [-0.2, -0.15) is 4.98 Å². The first-order chi connectivity index (χ1) is 11.7. The van der Waals surface area contributed by atoms with Gasteiger partial charge >= 0.3 is 0 Å². The highest BCUT2D eigenvalue weighted by Gasteiger charge is 2.20. The molecule has 0 fully saturated rings. The van der Waals surface area contributed by atoms with Crippen LogP contribution < -0.4 is 4.72 Å². The average molecular weight is 366 g/mol. The molecule has 0 saturated carbocycles. The minimum absolute atomic E-state index is 0.0477. The molecule has 0 saturated heterocycles. The number of amides is 1. The van der Waals surface area contributed by atoms with Gasteiger partial charge in [-0.05, 0) is 32.0 Å². The first-order valence-electron chi connectivity index (χ1n) is 7.92. The molecule has 25 heavy (non-hydrogen) atoms. The molecule has 1 amide bonds. The number of aromatic nitrogens is 2. The molecule has 0 aliphatic rings. The Hall–Kier alpha value is -2.26. The number of nitrogens with one attached hydrogen (secondary N) is 1. The Balaban J connectivity index is 2.17. The van der Waals surface area contributed by atoms with E-state index in [9.17, 15) is 13.2 Å². The van der Waals surface area contributed by atoms with Crippen molar-refractivity contribution in [3.8, 4) is 0 Å². The van der Waals surface area contributed by atoms with E-state index >= 15 is 0 Å². The van der Waals surface area contributed by atoms with Crippen molar-refractivity contribution in [3.63, 3.8) is 0 Å². The second-order valence-corrected chi connectivity index (χ2v) is 7.64. The minimum Gasteiger partial charge on any atom is -0.337 e. The average Bonchev–Trinajstić information content (AvgIpc) is 3.00. The fraction of sp³-hybridized carbons (Fsp3) is 0.438. The van der Waals surface area contributed by atoms with Gasteiger partial charge in [0.15, 0.2) is 5.82 Å². The minimum atomic E-state index is -3.66. The molecule has 1 N–H and O–H groups in total. The highest BCUT2D eigenvalue weighted by Crippen LogP contribution is 2.14. The lowest BCUT2D eigenvalue weighted by Crippen LogP contribution is -2.31. The van der Waals surface area contributed by atoms with E-state index < -0.39 is 10.0 Å². The third-order valence-electron chi connectivity index (χ3n) is 3.33. The van der Waals surface area contributed by atoms with Crippen LogP contribution in [0.3, 0.4) is 0 Å². The van der Waals surface area contributed by atoms with Crippen LogP contribution in [0.1, 0.15) is 42.8 Å². The lowest BCUT2D eigenvalue weighted by atomic mass is 10.2. The molecule has 2 aromatic rings. The summed E-state index contributed by atoms with van der Waals surface area (Å²) in [4.78, 5) is 18.1. The molecule has 0 atom stereocenters. The third kappa shape index (κ3) is 4.86. The van der Waals surface area contributed by atoms with Crippen molar-refractivity contribution in [1.82, 2.24) is 19.8 Å². The van der Waals surface area contributed by atoms with Gasteiger partial charge in [-0.25, -0.2) is 13.1 Å². The topological polar surface area (TPSA) is 105 Å². The van der Waals surface area contributed by atoms with E-state index in [1.807, 2.05) is 6.92 Å². The number of benzene rings is 1. The van der Waals surface area contributed by atoms with E-state index in [1.165, 1.54) is 23.1 Å². The van der Waals surface area contributed by atoms with Crippen LogP contribution in [0.25, 0.3) is 0 Å². The Morgan fingerprint density at radius 2 is 2.08 bits per heavy atom. The van der Waals surface area contributed by atoms with Gasteiger partial charge < -0.3 is 9.42 Å². The van der Waals surface area contributed by atoms with Crippen LogP contribution in [0.4, 0.5) is 0 Å². The first-order valence-corrected chi connectivity index (χ1v) is 9.40. The number of hydrogen-bond donors (Lipinski definition) is 1. The molecule has 9 heteroatoms. The largest absolute Gasteiger partial charge is 0.337 e. The highest BCUT2D eigenvalue weighted by molar-refractivity contribution is 7.89. The molecule has 0 spiro atoms. The molecule has 0 aliphatic heterocycles. The van der Waals surface area contributed by atoms with Crippen molar-refractivity contribution in [1.29, 1.82) is 0 Å². The molecule has 1 heterocycles. The SMILES string of the molecule is CCc1noc(CN(C)C(=O)c2cccc(S(=O)(=O)NC(C)C)c2)n1. The molecule has 0 radical (unpaired) electrons. The lowest BCUT2D eigenvalue weighted by Gasteiger charge is -2.16. The van der Waals surface area contributed by atoms with Gasteiger partial charge in [0.1, 0.15) is 0 Å². The number of carbonyl (C=O) groups excluding carboxylic acids is 1. The summed E-state index contributed by atoms with van der Waals surface area (Å²) in [5, 5.41) is 3.78. The smallest absolute Gasteiger partial charge is 0.254 e. The summed E-state index contributed by atoms with van der Waals surface area (Å²) in [5.41, 5.74) is 0.268. The standard InChI is InChI=1S/C16H22N4O4S/c1-5-14-17-15(24-18-14)10-20(4)16(21)12-7-6-8-13(9-12)25(22,23)19-11(2)3/h6-9,11,19H,5,10H2,1-4H3. The number of sulfonamides is 1. The zero-order valence-electron chi connectivity index (χ0n) is 14.7. The van der Waals surface area contributed by atoms with Gasteiger partial charge in [0, 0.05) is 25.1 Å². The maximum atomic E-state index is 12.5. The van der Waals surface area contributed by atoms with Gasteiger partial charge in [0.25, 0.3) is 5.91 Å². The number of aryl methyl sites for hydroxylation is 1. The second kappa shape index (κ2) is 7.75. The Morgan fingerprint density at radius 1 is 1.36 bits per heavy atom. The highest BCUT2D eigenvalue weighted by atomic mass is 32.2. The van der Waals surface area contributed by atoms with E-state index in [1.54, 1.807) is 27.0 Å². The zero-order valence-corrected chi connectivity index (χ0v) is 15.5. The Morgan fingerprint density at radius 3 is 2.68 bits per heavy atom. The molecule has 2 rings (SSSR count).